The predicted molar refractivity (Wildman–Crippen MR) is 62.3 cm³/mol. The zero-order valence-electron chi connectivity index (χ0n) is 9.33. The highest BCUT2D eigenvalue weighted by Gasteiger charge is 2.13. The van der Waals surface area contributed by atoms with E-state index in [-0.39, 0.29) is 18.0 Å². The molecular formula is C10H14F2N2O2S. The van der Waals surface area contributed by atoms with Crippen molar-refractivity contribution in [1.29, 1.82) is 0 Å². The Hall–Kier alpha value is -1.21. The minimum Gasteiger partial charge on any atom is -0.316 e. The molecule has 7 heteroatoms. The second kappa shape index (κ2) is 5.92. The van der Waals surface area contributed by atoms with Gasteiger partial charge >= 0.3 is 0 Å². The first-order valence-corrected chi connectivity index (χ1v) is 6.76. The average Bonchev–Trinajstić information content (AvgIpc) is 2.22. The van der Waals surface area contributed by atoms with Gasteiger partial charge in [0.1, 0.15) is 11.6 Å². The number of hydrogen-bond donors (Lipinski definition) is 2. The Morgan fingerprint density at radius 2 is 2.00 bits per heavy atom. The van der Waals surface area contributed by atoms with Crippen molar-refractivity contribution in [3.05, 3.63) is 29.8 Å². The second-order valence-corrected chi connectivity index (χ2v) is 5.24. The van der Waals surface area contributed by atoms with E-state index in [0.29, 0.717) is 12.6 Å². The van der Waals surface area contributed by atoms with E-state index in [1.807, 2.05) is 6.92 Å². The summed E-state index contributed by atoms with van der Waals surface area (Å²) < 4.78 is 50.9. The van der Waals surface area contributed by atoms with Gasteiger partial charge in [-0.15, -0.1) is 0 Å². The van der Waals surface area contributed by atoms with E-state index >= 15 is 0 Å². The first-order chi connectivity index (χ1) is 7.94. The SMILES string of the molecule is CCNCCS(=O)(=O)Nc1ccc(F)cc1F. The zero-order valence-corrected chi connectivity index (χ0v) is 10.2. The second-order valence-electron chi connectivity index (χ2n) is 3.40. The van der Waals surface area contributed by atoms with Crippen LogP contribution in [-0.4, -0.2) is 27.3 Å². The molecule has 0 radical (unpaired) electrons. The fraction of sp³-hybridized carbons (Fsp3) is 0.400. The molecule has 0 spiro atoms. The Morgan fingerprint density at radius 1 is 1.29 bits per heavy atom. The van der Waals surface area contributed by atoms with Crippen LogP contribution in [0, 0.1) is 11.6 Å². The zero-order chi connectivity index (χ0) is 12.9. The monoisotopic (exact) mass is 264 g/mol. The standard InChI is InChI=1S/C10H14F2N2O2S/c1-2-13-5-6-17(15,16)14-10-4-3-8(11)7-9(10)12/h3-4,7,13-14H,2,5-6H2,1H3. The lowest BCUT2D eigenvalue weighted by Crippen LogP contribution is -2.26. The van der Waals surface area contributed by atoms with E-state index in [4.69, 9.17) is 0 Å². The average molecular weight is 264 g/mol. The maximum atomic E-state index is 13.2. The topological polar surface area (TPSA) is 58.2 Å². The Balaban J connectivity index is 2.69. The van der Waals surface area contributed by atoms with Crippen LogP contribution in [0.4, 0.5) is 14.5 Å². The summed E-state index contributed by atoms with van der Waals surface area (Å²) in [7, 11) is -3.62. The Bertz CT molecular complexity index is 477. The number of benzene rings is 1. The van der Waals surface area contributed by atoms with Gasteiger partial charge in [-0.25, -0.2) is 17.2 Å². The smallest absolute Gasteiger partial charge is 0.234 e. The summed E-state index contributed by atoms with van der Waals surface area (Å²) in [4.78, 5) is 0. The van der Waals surface area contributed by atoms with Crippen LogP contribution >= 0.6 is 0 Å². The summed E-state index contributed by atoms with van der Waals surface area (Å²) in [5, 5.41) is 2.84. The van der Waals surface area contributed by atoms with E-state index in [2.05, 4.69) is 10.0 Å². The van der Waals surface area contributed by atoms with E-state index in [1.54, 1.807) is 0 Å². The quantitative estimate of drug-likeness (QED) is 0.762. The number of anilines is 1. The van der Waals surface area contributed by atoms with Crippen LogP contribution in [0.2, 0.25) is 0 Å². The number of sulfonamides is 1. The molecule has 0 heterocycles. The lowest BCUT2D eigenvalue weighted by molar-refractivity contribution is 0.582. The number of rotatable bonds is 6. The van der Waals surface area contributed by atoms with E-state index in [9.17, 15) is 17.2 Å². The molecule has 0 aromatic heterocycles. The molecule has 0 aliphatic rings. The largest absolute Gasteiger partial charge is 0.316 e. The molecule has 0 bridgehead atoms. The molecule has 96 valence electrons. The van der Waals surface area contributed by atoms with Crippen molar-refractivity contribution in [2.75, 3.05) is 23.6 Å². The Labute approximate surface area is 99.1 Å². The molecule has 0 fully saturated rings. The van der Waals surface area contributed by atoms with Crippen LogP contribution in [-0.2, 0) is 10.0 Å². The van der Waals surface area contributed by atoms with Crippen molar-refractivity contribution >= 4 is 15.7 Å². The summed E-state index contributed by atoms with van der Waals surface area (Å²) in [6.07, 6.45) is 0. The Kier molecular flexibility index (Phi) is 4.83. The number of nitrogens with one attached hydrogen (secondary N) is 2. The highest BCUT2D eigenvalue weighted by molar-refractivity contribution is 7.92. The van der Waals surface area contributed by atoms with Gasteiger partial charge in [0.15, 0.2) is 0 Å². The fourth-order valence-corrected chi connectivity index (χ4v) is 2.19. The number of hydrogen-bond acceptors (Lipinski definition) is 3. The molecule has 17 heavy (non-hydrogen) atoms. The van der Waals surface area contributed by atoms with Crippen molar-refractivity contribution in [2.45, 2.75) is 6.92 Å². The molecule has 0 saturated heterocycles. The molecule has 2 N–H and O–H groups in total. The van der Waals surface area contributed by atoms with Crippen LogP contribution in [0.3, 0.4) is 0 Å². The van der Waals surface area contributed by atoms with Gasteiger partial charge in [0.25, 0.3) is 0 Å². The van der Waals surface area contributed by atoms with Crippen LogP contribution in [0.25, 0.3) is 0 Å². The third-order valence-electron chi connectivity index (χ3n) is 1.99. The van der Waals surface area contributed by atoms with Gasteiger partial charge in [0, 0.05) is 12.6 Å². The minimum absolute atomic E-state index is 0.169. The van der Waals surface area contributed by atoms with Crippen molar-refractivity contribution in [3.8, 4) is 0 Å². The van der Waals surface area contributed by atoms with E-state index in [0.717, 1.165) is 12.1 Å². The maximum Gasteiger partial charge on any atom is 0.234 e. The molecule has 0 unspecified atom stereocenters. The van der Waals surface area contributed by atoms with Gasteiger partial charge in [-0.3, -0.25) is 4.72 Å². The van der Waals surface area contributed by atoms with Gasteiger partial charge in [-0.2, -0.15) is 0 Å². The lowest BCUT2D eigenvalue weighted by atomic mass is 10.3. The molecule has 1 rings (SSSR count). The summed E-state index contributed by atoms with van der Waals surface area (Å²) >= 11 is 0. The fourth-order valence-electron chi connectivity index (χ4n) is 1.17. The maximum absolute atomic E-state index is 13.2. The highest BCUT2D eigenvalue weighted by atomic mass is 32.2. The summed E-state index contributed by atoms with van der Waals surface area (Å²) in [6.45, 7) is 2.77. The molecule has 0 aliphatic carbocycles. The first kappa shape index (κ1) is 13.9. The van der Waals surface area contributed by atoms with Gasteiger partial charge in [0.2, 0.25) is 10.0 Å². The minimum atomic E-state index is -3.62. The van der Waals surface area contributed by atoms with Crippen molar-refractivity contribution in [2.24, 2.45) is 0 Å². The van der Waals surface area contributed by atoms with Crippen molar-refractivity contribution in [3.63, 3.8) is 0 Å². The third-order valence-corrected chi connectivity index (χ3v) is 3.27. The molecule has 0 amide bonds. The summed E-state index contributed by atoms with van der Waals surface area (Å²) in [5.74, 6) is -1.85. The van der Waals surface area contributed by atoms with Gasteiger partial charge in [0.05, 0.1) is 11.4 Å². The van der Waals surface area contributed by atoms with Crippen LogP contribution in [0.5, 0.6) is 0 Å². The van der Waals surface area contributed by atoms with Gasteiger partial charge < -0.3 is 5.32 Å². The van der Waals surface area contributed by atoms with Gasteiger partial charge in [-0.05, 0) is 18.7 Å². The van der Waals surface area contributed by atoms with Crippen molar-refractivity contribution < 1.29 is 17.2 Å². The summed E-state index contributed by atoms with van der Waals surface area (Å²) in [6, 6.07) is 2.67. The Morgan fingerprint density at radius 3 is 2.59 bits per heavy atom. The van der Waals surface area contributed by atoms with Crippen LogP contribution in [0.1, 0.15) is 6.92 Å². The molecule has 0 atom stereocenters. The van der Waals surface area contributed by atoms with E-state index in [1.165, 1.54) is 0 Å². The molecule has 4 nitrogen and oxygen atoms in total. The number of halogens is 2. The highest BCUT2D eigenvalue weighted by Crippen LogP contribution is 2.16. The molecule has 1 aromatic rings. The molecule has 0 saturated carbocycles. The summed E-state index contributed by atoms with van der Waals surface area (Å²) in [5.41, 5.74) is -0.247. The third kappa shape index (κ3) is 4.66. The normalized spacial score (nSPS) is 11.5. The first-order valence-electron chi connectivity index (χ1n) is 5.11. The predicted octanol–water partition coefficient (Wildman–Crippen LogP) is 1.32. The van der Waals surface area contributed by atoms with Crippen molar-refractivity contribution in [1.82, 2.24) is 5.32 Å². The van der Waals surface area contributed by atoms with Crippen LogP contribution < -0.4 is 10.0 Å². The molecular weight excluding hydrogens is 250 g/mol. The van der Waals surface area contributed by atoms with Gasteiger partial charge in [-0.1, -0.05) is 6.92 Å². The van der Waals surface area contributed by atoms with Crippen LogP contribution in [0.15, 0.2) is 18.2 Å². The van der Waals surface area contributed by atoms with E-state index < -0.39 is 21.7 Å². The molecule has 0 aliphatic heterocycles. The molecule has 1 aromatic carbocycles. The lowest BCUT2D eigenvalue weighted by Gasteiger charge is -2.08.